The van der Waals surface area contributed by atoms with Crippen LogP contribution in [0.2, 0.25) is 0 Å². The Bertz CT molecular complexity index is 539. The van der Waals surface area contributed by atoms with Crippen LogP contribution >= 0.6 is 0 Å². The normalized spacial score (nSPS) is 15.2. The summed E-state index contributed by atoms with van der Waals surface area (Å²) in [4.78, 5) is 11.9. The van der Waals surface area contributed by atoms with Gasteiger partial charge in [-0.2, -0.15) is 0 Å². The quantitative estimate of drug-likeness (QED) is 0.809. The Hall–Kier alpha value is -1.47. The smallest absolute Gasteiger partial charge is 0.423 e. The average Bonchev–Trinajstić information content (AvgIpc) is 2.78. The first kappa shape index (κ1) is 14.9. The zero-order chi connectivity index (χ0) is 14.9. The molecule has 1 aliphatic rings. The van der Waals surface area contributed by atoms with Crippen molar-refractivity contribution >= 4 is 18.5 Å². The van der Waals surface area contributed by atoms with Crippen LogP contribution in [0, 0.1) is 17.6 Å². The molecule has 1 heterocycles. The minimum atomic E-state index is -1.34. The molecule has 0 aliphatic carbocycles. The molecule has 7 heteroatoms. The third-order valence-corrected chi connectivity index (χ3v) is 3.54. The first-order valence-electron chi connectivity index (χ1n) is 6.54. The Morgan fingerprint density at radius 1 is 1.60 bits per heavy atom. The lowest BCUT2D eigenvalue weighted by Gasteiger charge is -2.12. The van der Waals surface area contributed by atoms with Crippen LogP contribution in [0.5, 0.6) is 0 Å². The lowest BCUT2D eigenvalue weighted by Crippen LogP contribution is -2.33. The van der Waals surface area contributed by atoms with Crippen LogP contribution in [-0.4, -0.2) is 24.6 Å². The van der Waals surface area contributed by atoms with Gasteiger partial charge in [0.25, 0.3) is 5.91 Å². The van der Waals surface area contributed by atoms with E-state index in [-0.39, 0.29) is 23.6 Å². The number of fused-ring (bicyclic) bond motifs is 1. The lowest BCUT2D eigenvalue weighted by atomic mass is 9.78. The highest BCUT2D eigenvalue weighted by atomic mass is 19.1. The molecule has 1 amide bonds. The minimum Gasteiger partial charge on any atom is -0.423 e. The van der Waals surface area contributed by atoms with E-state index >= 15 is 0 Å². The van der Waals surface area contributed by atoms with E-state index in [4.69, 9.17) is 4.65 Å². The van der Waals surface area contributed by atoms with E-state index in [2.05, 4.69) is 5.32 Å². The summed E-state index contributed by atoms with van der Waals surface area (Å²) >= 11 is 0. The molecule has 1 unspecified atom stereocenters. The lowest BCUT2D eigenvalue weighted by molar-refractivity contribution is 0.0939. The number of hydrogen-bond acceptors (Lipinski definition) is 3. The van der Waals surface area contributed by atoms with Gasteiger partial charge >= 0.3 is 7.12 Å². The fraction of sp³-hybridized carbons (Fsp3) is 0.462. The summed E-state index contributed by atoms with van der Waals surface area (Å²) in [5.41, 5.74) is -0.546. The van der Waals surface area contributed by atoms with Crippen molar-refractivity contribution in [3.63, 3.8) is 0 Å². The van der Waals surface area contributed by atoms with Gasteiger partial charge in [0, 0.05) is 12.1 Å². The molecule has 108 valence electrons. The van der Waals surface area contributed by atoms with E-state index in [9.17, 15) is 18.6 Å². The number of benzene rings is 1. The molecule has 20 heavy (non-hydrogen) atoms. The number of carbonyl (C=O) groups is 1. The molecule has 2 rings (SSSR count). The van der Waals surface area contributed by atoms with Crippen LogP contribution in [0.1, 0.15) is 36.2 Å². The summed E-state index contributed by atoms with van der Waals surface area (Å²) in [5.74, 6) is -2.51. The van der Waals surface area contributed by atoms with Gasteiger partial charge in [-0.3, -0.25) is 4.79 Å². The Morgan fingerprint density at radius 2 is 2.30 bits per heavy atom. The number of rotatable bonds is 4. The standard InChI is InChI=1S/C13H16BF2NO3/c1-3-7(2)5-17-13(18)11-10(15)4-9-8(12(11)16)6-20-14(9)19/h4,7,19H,3,5-6H2,1-2H3,(H,17,18). The molecule has 1 aromatic carbocycles. The molecular weight excluding hydrogens is 267 g/mol. The van der Waals surface area contributed by atoms with Gasteiger partial charge in [0.05, 0.1) is 6.61 Å². The summed E-state index contributed by atoms with van der Waals surface area (Å²) in [6, 6.07) is 0.953. The van der Waals surface area contributed by atoms with Gasteiger partial charge in [-0.15, -0.1) is 0 Å². The largest absolute Gasteiger partial charge is 0.491 e. The van der Waals surface area contributed by atoms with Gasteiger partial charge in [-0.1, -0.05) is 20.3 Å². The highest BCUT2D eigenvalue weighted by Gasteiger charge is 2.34. The van der Waals surface area contributed by atoms with Crippen molar-refractivity contribution in [3.8, 4) is 0 Å². The van der Waals surface area contributed by atoms with Gasteiger partial charge < -0.3 is 15.0 Å². The Balaban J connectivity index is 2.27. The van der Waals surface area contributed by atoms with Gasteiger partial charge in [0.15, 0.2) is 0 Å². The summed E-state index contributed by atoms with van der Waals surface area (Å²) in [6.45, 7) is 4.07. The first-order chi connectivity index (χ1) is 9.45. The van der Waals surface area contributed by atoms with Crippen LogP contribution in [0.15, 0.2) is 6.07 Å². The monoisotopic (exact) mass is 283 g/mol. The summed E-state index contributed by atoms with van der Waals surface area (Å²) in [5, 5.41) is 11.9. The molecule has 0 aromatic heterocycles. The highest BCUT2D eigenvalue weighted by Crippen LogP contribution is 2.20. The van der Waals surface area contributed by atoms with Crippen molar-refractivity contribution in [1.82, 2.24) is 5.32 Å². The van der Waals surface area contributed by atoms with Crippen molar-refractivity contribution in [2.24, 2.45) is 5.92 Å². The van der Waals surface area contributed by atoms with Crippen LogP contribution in [-0.2, 0) is 11.3 Å². The minimum absolute atomic E-state index is 0.0348. The van der Waals surface area contributed by atoms with E-state index in [1.165, 1.54) is 0 Å². The van der Waals surface area contributed by atoms with Crippen molar-refractivity contribution in [2.75, 3.05) is 6.54 Å². The van der Waals surface area contributed by atoms with Gasteiger partial charge in [-0.05, 0) is 17.4 Å². The van der Waals surface area contributed by atoms with E-state index in [1.807, 2.05) is 13.8 Å². The van der Waals surface area contributed by atoms with Crippen molar-refractivity contribution < 1.29 is 23.3 Å². The maximum atomic E-state index is 14.2. The van der Waals surface area contributed by atoms with Crippen LogP contribution in [0.3, 0.4) is 0 Å². The molecule has 0 saturated heterocycles. The average molecular weight is 283 g/mol. The van der Waals surface area contributed by atoms with E-state index in [0.29, 0.717) is 6.54 Å². The summed E-state index contributed by atoms with van der Waals surface area (Å²) < 4.78 is 32.9. The number of amides is 1. The molecule has 0 bridgehead atoms. The summed E-state index contributed by atoms with van der Waals surface area (Å²) in [7, 11) is -1.34. The van der Waals surface area contributed by atoms with E-state index in [0.717, 1.165) is 12.5 Å². The van der Waals surface area contributed by atoms with Crippen LogP contribution in [0.25, 0.3) is 0 Å². The van der Waals surface area contributed by atoms with Gasteiger partial charge in [-0.25, -0.2) is 8.78 Å². The molecule has 0 spiro atoms. The Labute approximate surface area is 116 Å². The van der Waals surface area contributed by atoms with E-state index < -0.39 is 30.2 Å². The number of carbonyl (C=O) groups excluding carboxylic acids is 1. The fourth-order valence-corrected chi connectivity index (χ4v) is 2.01. The Kier molecular flexibility index (Phi) is 4.40. The maximum absolute atomic E-state index is 14.2. The molecule has 1 atom stereocenters. The molecule has 4 nitrogen and oxygen atoms in total. The molecule has 2 N–H and O–H groups in total. The maximum Gasteiger partial charge on any atom is 0.491 e. The van der Waals surface area contributed by atoms with Crippen molar-refractivity contribution in [2.45, 2.75) is 26.9 Å². The summed E-state index contributed by atoms with van der Waals surface area (Å²) in [6.07, 6.45) is 0.857. The number of nitrogens with one attached hydrogen (secondary N) is 1. The van der Waals surface area contributed by atoms with Crippen LogP contribution < -0.4 is 10.8 Å². The predicted octanol–water partition coefficient (Wildman–Crippen LogP) is 0.958. The molecule has 1 aliphatic heterocycles. The number of hydrogen-bond donors (Lipinski definition) is 2. The molecular formula is C13H16BF2NO3. The molecule has 0 saturated carbocycles. The second kappa shape index (κ2) is 5.89. The van der Waals surface area contributed by atoms with Gasteiger partial charge in [0.2, 0.25) is 0 Å². The molecule has 1 aromatic rings. The second-order valence-electron chi connectivity index (χ2n) is 5.00. The topological polar surface area (TPSA) is 58.6 Å². The van der Waals surface area contributed by atoms with E-state index in [1.54, 1.807) is 0 Å². The molecule has 0 radical (unpaired) electrons. The zero-order valence-corrected chi connectivity index (χ0v) is 11.4. The van der Waals surface area contributed by atoms with Crippen molar-refractivity contribution in [1.29, 1.82) is 0 Å². The third kappa shape index (κ3) is 2.69. The third-order valence-electron chi connectivity index (χ3n) is 3.54. The Morgan fingerprint density at radius 3 is 2.95 bits per heavy atom. The predicted molar refractivity (Wildman–Crippen MR) is 70.5 cm³/mol. The van der Waals surface area contributed by atoms with Crippen molar-refractivity contribution in [3.05, 3.63) is 28.8 Å². The number of halogens is 2. The first-order valence-corrected chi connectivity index (χ1v) is 6.54. The van der Waals surface area contributed by atoms with Crippen LogP contribution in [0.4, 0.5) is 8.78 Å². The highest BCUT2D eigenvalue weighted by molar-refractivity contribution is 6.61. The molecule has 0 fully saturated rings. The zero-order valence-electron chi connectivity index (χ0n) is 11.4. The second-order valence-corrected chi connectivity index (χ2v) is 5.00. The fourth-order valence-electron chi connectivity index (χ4n) is 2.01. The van der Waals surface area contributed by atoms with Gasteiger partial charge in [0.1, 0.15) is 17.2 Å². The SMILES string of the molecule is CCC(C)CNC(=O)c1c(F)cc2c(c1F)COB2O.